The first-order valence-corrected chi connectivity index (χ1v) is 14.6. The summed E-state index contributed by atoms with van der Waals surface area (Å²) in [5, 5.41) is 1.22. The predicted molar refractivity (Wildman–Crippen MR) is 170 cm³/mol. The molecule has 2 amide bonds. The maximum Gasteiger partial charge on any atom is 0.411 e. The van der Waals surface area contributed by atoms with Gasteiger partial charge in [-0.15, -0.1) is 0 Å². The molecule has 10 heteroatoms. The minimum absolute atomic E-state index is 0. The number of halogens is 2. The van der Waals surface area contributed by atoms with Crippen molar-refractivity contribution in [3.05, 3.63) is 52.0 Å². The molecule has 0 aromatic heterocycles. The van der Waals surface area contributed by atoms with E-state index in [-0.39, 0.29) is 27.5 Å². The third kappa shape index (κ3) is 8.90. The Labute approximate surface area is 256 Å². The molecule has 0 radical (unpaired) electrons. The molecule has 0 N–H and O–H groups in total. The summed E-state index contributed by atoms with van der Waals surface area (Å²) in [4.78, 5) is 32.8. The lowest BCUT2D eigenvalue weighted by Crippen LogP contribution is -2.46. The predicted octanol–water partition coefficient (Wildman–Crippen LogP) is 6.96. The van der Waals surface area contributed by atoms with Crippen LogP contribution >= 0.6 is 23.2 Å². The molecule has 0 bridgehead atoms. The summed E-state index contributed by atoms with van der Waals surface area (Å²) in [6, 6.07) is 11.6. The highest BCUT2D eigenvalue weighted by Gasteiger charge is 2.26. The summed E-state index contributed by atoms with van der Waals surface area (Å²) in [6.45, 7) is 10.3. The monoisotopic (exact) mass is 608 g/mol. The number of anilines is 2. The van der Waals surface area contributed by atoms with Crippen LogP contribution in [0.4, 0.5) is 16.2 Å². The Morgan fingerprint density at radius 3 is 2.39 bits per heavy atom. The number of nitrogens with zero attached hydrogens (tertiary/aromatic N) is 4. The second-order valence-corrected chi connectivity index (χ2v) is 10.6. The van der Waals surface area contributed by atoms with Gasteiger partial charge in [-0.05, 0) is 63.4 Å². The lowest BCUT2D eigenvalue weighted by Gasteiger charge is -2.36. The van der Waals surface area contributed by atoms with Gasteiger partial charge in [0.1, 0.15) is 5.75 Å². The Bertz CT molecular complexity index is 1140. The van der Waals surface area contributed by atoms with E-state index in [4.69, 9.17) is 32.7 Å². The van der Waals surface area contributed by atoms with Crippen molar-refractivity contribution >= 4 is 46.6 Å². The number of benzene rings is 2. The SMILES string of the molecule is C.C.CCN(CC)C(=O)OCN1C(=O)CCc2ccc(OCCCCN3CCN(c4cccc(Cl)c4Cl)CC3)cc21. The van der Waals surface area contributed by atoms with Gasteiger partial charge in [0.15, 0.2) is 6.73 Å². The smallest absolute Gasteiger partial charge is 0.411 e. The Morgan fingerprint density at radius 1 is 0.951 bits per heavy atom. The van der Waals surface area contributed by atoms with Crippen molar-refractivity contribution in [2.24, 2.45) is 0 Å². The highest BCUT2D eigenvalue weighted by Crippen LogP contribution is 2.33. The van der Waals surface area contributed by atoms with Gasteiger partial charge in [0, 0.05) is 51.8 Å². The second kappa shape index (κ2) is 16.7. The summed E-state index contributed by atoms with van der Waals surface area (Å²) in [7, 11) is 0. The number of unbranched alkanes of at least 4 members (excludes halogenated alkanes) is 1. The molecule has 2 aliphatic rings. The second-order valence-electron chi connectivity index (χ2n) is 9.78. The van der Waals surface area contributed by atoms with Crippen molar-refractivity contribution < 1.29 is 19.1 Å². The van der Waals surface area contributed by atoms with Gasteiger partial charge in [-0.3, -0.25) is 14.6 Å². The van der Waals surface area contributed by atoms with E-state index in [0.29, 0.717) is 42.6 Å². The van der Waals surface area contributed by atoms with E-state index in [1.807, 2.05) is 50.2 Å². The van der Waals surface area contributed by atoms with Crippen LogP contribution in [0.1, 0.15) is 53.5 Å². The lowest BCUT2D eigenvalue weighted by atomic mass is 10.0. The number of ether oxygens (including phenoxy) is 2. The normalized spacial score (nSPS) is 15.0. The van der Waals surface area contributed by atoms with Crippen LogP contribution in [0.5, 0.6) is 5.75 Å². The van der Waals surface area contributed by atoms with E-state index < -0.39 is 6.09 Å². The topological polar surface area (TPSA) is 65.6 Å². The molecule has 0 unspecified atom stereocenters. The van der Waals surface area contributed by atoms with E-state index in [2.05, 4.69) is 9.80 Å². The average molecular weight is 610 g/mol. The number of hydrogen-bond donors (Lipinski definition) is 0. The van der Waals surface area contributed by atoms with E-state index >= 15 is 0 Å². The molecule has 41 heavy (non-hydrogen) atoms. The highest BCUT2D eigenvalue weighted by molar-refractivity contribution is 6.43. The van der Waals surface area contributed by atoms with Gasteiger partial charge in [-0.25, -0.2) is 4.79 Å². The molecule has 8 nitrogen and oxygen atoms in total. The van der Waals surface area contributed by atoms with Crippen LogP contribution in [0.3, 0.4) is 0 Å². The maximum absolute atomic E-state index is 12.6. The molecule has 228 valence electrons. The van der Waals surface area contributed by atoms with Gasteiger partial charge >= 0.3 is 6.09 Å². The third-order valence-electron chi connectivity index (χ3n) is 7.38. The highest BCUT2D eigenvalue weighted by atomic mass is 35.5. The van der Waals surface area contributed by atoms with Gasteiger partial charge in [0.25, 0.3) is 0 Å². The van der Waals surface area contributed by atoms with Crippen molar-refractivity contribution in [1.29, 1.82) is 0 Å². The Balaban J connectivity index is 0.00000294. The molecule has 1 fully saturated rings. The van der Waals surface area contributed by atoms with Crippen LogP contribution in [0.25, 0.3) is 0 Å². The summed E-state index contributed by atoms with van der Waals surface area (Å²) < 4.78 is 11.5. The summed E-state index contributed by atoms with van der Waals surface area (Å²) in [5.41, 5.74) is 2.82. The Morgan fingerprint density at radius 2 is 1.68 bits per heavy atom. The van der Waals surface area contributed by atoms with Gasteiger partial charge in [0.05, 0.1) is 28.0 Å². The molecule has 0 saturated carbocycles. The molecule has 2 aromatic carbocycles. The minimum atomic E-state index is -0.415. The quantitative estimate of drug-likeness (QED) is 0.257. The van der Waals surface area contributed by atoms with Gasteiger partial charge < -0.3 is 19.3 Å². The van der Waals surface area contributed by atoms with Gasteiger partial charge in [-0.2, -0.15) is 0 Å². The zero-order valence-corrected chi connectivity index (χ0v) is 24.3. The van der Waals surface area contributed by atoms with E-state index in [1.54, 1.807) is 9.80 Å². The van der Waals surface area contributed by atoms with E-state index in [9.17, 15) is 9.59 Å². The molecular formula is C31H46Cl2N4O4. The van der Waals surface area contributed by atoms with Gasteiger partial charge in [0.2, 0.25) is 5.91 Å². The minimum Gasteiger partial charge on any atom is -0.494 e. The first kappa shape index (κ1) is 34.5. The number of amides is 2. The van der Waals surface area contributed by atoms with Crippen molar-refractivity contribution in [3.8, 4) is 5.75 Å². The molecule has 0 spiro atoms. The van der Waals surface area contributed by atoms with Crippen molar-refractivity contribution in [3.63, 3.8) is 0 Å². The summed E-state index contributed by atoms with van der Waals surface area (Å²) in [5.74, 6) is 0.667. The number of rotatable bonds is 11. The van der Waals surface area contributed by atoms with Crippen LogP contribution < -0.4 is 14.5 Å². The fourth-order valence-electron chi connectivity index (χ4n) is 5.02. The molecule has 4 rings (SSSR count). The van der Waals surface area contributed by atoms with Gasteiger partial charge in [-0.1, -0.05) is 50.2 Å². The average Bonchev–Trinajstić information content (AvgIpc) is 2.95. The number of carbonyl (C=O) groups is 2. The zero-order chi connectivity index (χ0) is 27.8. The van der Waals surface area contributed by atoms with Crippen LogP contribution in [0, 0.1) is 0 Å². The molecule has 0 aliphatic carbocycles. The molecule has 2 aromatic rings. The fourth-order valence-corrected chi connectivity index (χ4v) is 5.43. The lowest BCUT2D eigenvalue weighted by molar-refractivity contribution is -0.119. The summed E-state index contributed by atoms with van der Waals surface area (Å²) in [6.07, 6.45) is 2.63. The zero-order valence-electron chi connectivity index (χ0n) is 22.8. The Kier molecular flexibility index (Phi) is 14.0. The first-order chi connectivity index (χ1) is 18.9. The number of aryl methyl sites for hydroxylation is 1. The largest absolute Gasteiger partial charge is 0.494 e. The fraction of sp³-hybridized carbons (Fsp3) is 0.548. The molecular weight excluding hydrogens is 563 g/mol. The number of piperazine rings is 1. The number of hydrogen-bond acceptors (Lipinski definition) is 6. The standard InChI is InChI=1S/C29H38Cl2N4O4.2CH4/c1-3-33(4-2)29(37)39-21-35-26-20-23(12-10-22(26)11-13-27(35)36)38-19-6-5-14-32-15-17-34(18-16-32)25-9-7-8-24(30)28(25)31;;/h7-10,12,20H,3-6,11,13-19,21H2,1-2H3;2*1H4. The summed E-state index contributed by atoms with van der Waals surface area (Å²) >= 11 is 12.6. The van der Waals surface area contributed by atoms with Crippen molar-refractivity contribution in [1.82, 2.24) is 9.80 Å². The molecule has 2 heterocycles. The molecule has 0 atom stereocenters. The third-order valence-corrected chi connectivity index (χ3v) is 8.19. The van der Waals surface area contributed by atoms with Crippen LogP contribution in [-0.2, 0) is 16.0 Å². The first-order valence-electron chi connectivity index (χ1n) is 13.8. The number of fused-ring (bicyclic) bond motifs is 1. The van der Waals surface area contributed by atoms with Crippen LogP contribution in [-0.4, -0.2) is 81.0 Å². The maximum atomic E-state index is 12.6. The van der Waals surface area contributed by atoms with E-state index in [0.717, 1.165) is 68.3 Å². The van der Waals surface area contributed by atoms with E-state index in [1.165, 1.54) is 0 Å². The Hall–Kier alpha value is -2.68. The van der Waals surface area contributed by atoms with Crippen LogP contribution in [0.15, 0.2) is 36.4 Å². The number of carbonyl (C=O) groups excluding carboxylic acids is 2. The van der Waals surface area contributed by atoms with Crippen molar-refractivity contribution in [2.75, 3.05) is 69.0 Å². The van der Waals surface area contributed by atoms with Crippen LogP contribution in [0.2, 0.25) is 10.0 Å². The molecule has 2 aliphatic heterocycles. The van der Waals surface area contributed by atoms with Crippen molar-refractivity contribution in [2.45, 2.75) is 54.4 Å². The molecule has 1 saturated heterocycles.